The maximum Gasteiger partial charge on any atom is 0.124 e. The van der Waals surface area contributed by atoms with Crippen molar-refractivity contribution >= 4 is 21.8 Å². The first kappa shape index (κ1) is 17.9. The number of dihydropyridines is 1. The summed E-state index contributed by atoms with van der Waals surface area (Å²) in [5.74, 6) is 1.64. The van der Waals surface area contributed by atoms with Crippen molar-refractivity contribution in [2.24, 2.45) is 5.92 Å². The molecule has 3 heteroatoms. The highest BCUT2D eigenvalue weighted by molar-refractivity contribution is 6.08. The fourth-order valence-corrected chi connectivity index (χ4v) is 5.91. The highest BCUT2D eigenvalue weighted by Crippen LogP contribution is 2.44. The molecule has 1 N–H and O–H groups in total. The first-order valence-electron chi connectivity index (χ1n) is 11.6. The van der Waals surface area contributed by atoms with E-state index >= 15 is 0 Å². The second-order valence-electron chi connectivity index (χ2n) is 8.94. The van der Waals surface area contributed by atoms with Gasteiger partial charge in [0.05, 0.1) is 17.1 Å². The molecule has 1 aromatic heterocycles. The lowest BCUT2D eigenvalue weighted by Gasteiger charge is -2.36. The van der Waals surface area contributed by atoms with E-state index < -0.39 is 0 Å². The predicted octanol–water partition coefficient (Wildman–Crippen LogP) is 6.32. The predicted molar refractivity (Wildman–Crippen MR) is 132 cm³/mol. The summed E-state index contributed by atoms with van der Waals surface area (Å²) in [6, 6.07) is 17.8. The standard InChI is InChI=1S/C29H25N3/c1-5-14-24-20(10-1)21-11-2-6-15-25(21)31(24)28-18-9-19-29(30-28)32-26-16-7-3-12-22(26)23-13-4-8-17-27(23)32/h1-3,5-12,14-19,22,26,28,30H,4,13H2. The Morgan fingerprint density at radius 1 is 0.812 bits per heavy atom. The third-order valence-corrected chi connectivity index (χ3v) is 7.25. The number of aromatic nitrogens is 1. The van der Waals surface area contributed by atoms with E-state index in [-0.39, 0.29) is 6.17 Å². The van der Waals surface area contributed by atoms with E-state index in [0.717, 1.165) is 12.8 Å². The average Bonchev–Trinajstić information content (AvgIpc) is 3.37. The molecule has 3 aromatic rings. The number of nitrogens with one attached hydrogen (secondary N) is 1. The van der Waals surface area contributed by atoms with Crippen LogP contribution in [-0.4, -0.2) is 15.5 Å². The highest BCUT2D eigenvalue weighted by atomic mass is 15.3. The van der Waals surface area contributed by atoms with E-state index in [9.17, 15) is 0 Å². The van der Waals surface area contributed by atoms with Crippen LogP contribution < -0.4 is 5.32 Å². The summed E-state index contributed by atoms with van der Waals surface area (Å²) in [5.41, 5.74) is 5.46. The van der Waals surface area contributed by atoms with E-state index in [2.05, 4.69) is 118 Å². The molecule has 0 fully saturated rings. The quantitative estimate of drug-likeness (QED) is 0.528. The number of para-hydroxylation sites is 2. The molecular formula is C29H25N3. The van der Waals surface area contributed by atoms with Crippen molar-refractivity contribution in [1.29, 1.82) is 0 Å². The largest absolute Gasteiger partial charge is 0.348 e. The van der Waals surface area contributed by atoms with Crippen LogP contribution in [0.15, 0.2) is 120 Å². The third kappa shape index (κ3) is 2.48. The molecule has 2 aliphatic carbocycles. The van der Waals surface area contributed by atoms with Crippen LogP contribution in [0.3, 0.4) is 0 Å². The van der Waals surface area contributed by atoms with E-state index in [1.54, 1.807) is 5.57 Å². The van der Waals surface area contributed by atoms with Gasteiger partial charge in [-0.15, -0.1) is 0 Å². The van der Waals surface area contributed by atoms with Gasteiger partial charge in [0.2, 0.25) is 0 Å². The smallest absolute Gasteiger partial charge is 0.124 e. The molecule has 3 unspecified atom stereocenters. The molecule has 0 saturated heterocycles. The van der Waals surface area contributed by atoms with Crippen LogP contribution in [0.1, 0.15) is 19.0 Å². The van der Waals surface area contributed by atoms with Gasteiger partial charge in [0.15, 0.2) is 0 Å². The Balaban J connectivity index is 1.32. The van der Waals surface area contributed by atoms with Crippen LogP contribution in [-0.2, 0) is 0 Å². The Labute approximate surface area is 188 Å². The zero-order chi connectivity index (χ0) is 21.1. The Bertz CT molecular complexity index is 1370. The van der Waals surface area contributed by atoms with E-state index in [1.807, 2.05) is 0 Å². The molecule has 156 valence electrons. The molecule has 2 aliphatic heterocycles. The normalized spacial score (nSPS) is 25.9. The maximum atomic E-state index is 3.89. The molecule has 0 saturated carbocycles. The summed E-state index contributed by atoms with van der Waals surface area (Å²) < 4.78 is 2.43. The number of benzene rings is 2. The monoisotopic (exact) mass is 415 g/mol. The van der Waals surface area contributed by atoms with Crippen molar-refractivity contribution in [2.75, 3.05) is 0 Å². The SMILES string of the molecule is C1=CC2C3=C(C=CCC3)N(C3=CC=CC(n4c5ccccc5c5ccccc54)N3)C2C=C1. The van der Waals surface area contributed by atoms with Gasteiger partial charge in [-0.25, -0.2) is 0 Å². The summed E-state index contributed by atoms with van der Waals surface area (Å²) in [6.07, 6.45) is 22.8. The second-order valence-corrected chi connectivity index (χ2v) is 8.94. The van der Waals surface area contributed by atoms with Gasteiger partial charge in [0.1, 0.15) is 12.0 Å². The van der Waals surface area contributed by atoms with Gasteiger partial charge in [-0.05, 0) is 48.8 Å². The lowest BCUT2D eigenvalue weighted by atomic mass is 9.87. The summed E-state index contributed by atoms with van der Waals surface area (Å²) in [6.45, 7) is 0. The van der Waals surface area contributed by atoms with E-state index in [1.165, 1.54) is 33.3 Å². The number of hydrogen-bond donors (Lipinski definition) is 1. The molecule has 0 bridgehead atoms. The Morgan fingerprint density at radius 2 is 1.56 bits per heavy atom. The number of hydrogen-bond acceptors (Lipinski definition) is 2. The van der Waals surface area contributed by atoms with E-state index in [4.69, 9.17) is 0 Å². The minimum Gasteiger partial charge on any atom is -0.348 e. The molecule has 2 aromatic carbocycles. The zero-order valence-electron chi connectivity index (χ0n) is 17.9. The van der Waals surface area contributed by atoms with Gasteiger partial charge < -0.3 is 14.8 Å². The molecule has 3 atom stereocenters. The lowest BCUT2D eigenvalue weighted by Crippen LogP contribution is -2.40. The number of fused-ring (bicyclic) bond motifs is 5. The van der Waals surface area contributed by atoms with Gasteiger partial charge in [0.25, 0.3) is 0 Å². The van der Waals surface area contributed by atoms with Crippen molar-refractivity contribution in [3.05, 3.63) is 120 Å². The second kappa shape index (κ2) is 6.89. The Morgan fingerprint density at radius 3 is 2.38 bits per heavy atom. The highest BCUT2D eigenvalue weighted by Gasteiger charge is 2.40. The first-order valence-corrected chi connectivity index (χ1v) is 11.6. The molecule has 0 amide bonds. The topological polar surface area (TPSA) is 20.2 Å². The van der Waals surface area contributed by atoms with Gasteiger partial charge in [-0.2, -0.15) is 0 Å². The molecule has 3 heterocycles. The van der Waals surface area contributed by atoms with Crippen molar-refractivity contribution in [3.63, 3.8) is 0 Å². The van der Waals surface area contributed by atoms with Crippen LogP contribution >= 0.6 is 0 Å². The van der Waals surface area contributed by atoms with Crippen molar-refractivity contribution in [3.8, 4) is 0 Å². The molecule has 32 heavy (non-hydrogen) atoms. The average molecular weight is 416 g/mol. The maximum absolute atomic E-state index is 3.89. The molecule has 0 spiro atoms. The number of nitrogens with zero attached hydrogens (tertiary/aromatic N) is 2. The molecule has 3 nitrogen and oxygen atoms in total. The van der Waals surface area contributed by atoms with Crippen LogP contribution in [0, 0.1) is 5.92 Å². The Kier molecular flexibility index (Phi) is 3.86. The van der Waals surface area contributed by atoms with Crippen molar-refractivity contribution < 1.29 is 0 Å². The summed E-state index contributed by atoms with van der Waals surface area (Å²) in [4.78, 5) is 2.51. The van der Waals surface area contributed by atoms with Gasteiger partial charge in [0, 0.05) is 22.4 Å². The van der Waals surface area contributed by atoms with Crippen LogP contribution in [0.4, 0.5) is 0 Å². The van der Waals surface area contributed by atoms with Crippen LogP contribution in [0.25, 0.3) is 21.8 Å². The fourth-order valence-electron chi connectivity index (χ4n) is 5.91. The number of allylic oxidation sites excluding steroid dienone is 6. The molecular weight excluding hydrogens is 390 g/mol. The fraction of sp³-hybridized carbons (Fsp3) is 0.172. The third-order valence-electron chi connectivity index (χ3n) is 7.25. The van der Waals surface area contributed by atoms with Gasteiger partial charge >= 0.3 is 0 Å². The summed E-state index contributed by atoms with van der Waals surface area (Å²) in [7, 11) is 0. The minimum absolute atomic E-state index is 0.0542. The minimum atomic E-state index is 0.0542. The zero-order valence-corrected chi connectivity index (χ0v) is 17.9. The van der Waals surface area contributed by atoms with Crippen LogP contribution in [0.5, 0.6) is 0 Å². The molecule has 4 aliphatic rings. The first-order chi connectivity index (χ1) is 15.9. The molecule has 0 radical (unpaired) electrons. The van der Waals surface area contributed by atoms with Crippen molar-refractivity contribution in [2.45, 2.75) is 25.0 Å². The number of rotatable bonds is 2. The van der Waals surface area contributed by atoms with Crippen LogP contribution in [0.2, 0.25) is 0 Å². The van der Waals surface area contributed by atoms with E-state index in [0.29, 0.717) is 12.0 Å². The van der Waals surface area contributed by atoms with Crippen molar-refractivity contribution in [1.82, 2.24) is 14.8 Å². The summed E-state index contributed by atoms with van der Waals surface area (Å²) >= 11 is 0. The lowest BCUT2D eigenvalue weighted by molar-refractivity contribution is 0.326. The Hall–Kier alpha value is -3.72. The summed E-state index contributed by atoms with van der Waals surface area (Å²) in [5, 5.41) is 6.49. The van der Waals surface area contributed by atoms with Gasteiger partial charge in [-0.3, -0.25) is 0 Å². The molecule has 7 rings (SSSR count). The van der Waals surface area contributed by atoms with Gasteiger partial charge in [-0.1, -0.05) is 72.9 Å².